The van der Waals surface area contributed by atoms with Gasteiger partial charge in [0.1, 0.15) is 34.5 Å². The van der Waals surface area contributed by atoms with E-state index in [0.717, 1.165) is 24.7 Å². The zero-order valence-electron chi connectivity index (χ0n) is 41.9. The number of aromatic carboxylic acids is 1. The summed E-state index contributed by atoms with van der Waals surface area (Å²) in [7, 11) is 0. The molecule has 0 bridgehead atoms. The monoisotopic (exact) mass is 1280 g/mol. The van der Waals surface area contributed by atoms with Crippen molar-refractivity contribution in [2.24, 2.45) is 0 Å². The van der Waals surface area contributed by atoms with Crippen LogP contribution in [0.3, 0.4) is 0 Å². The molecular formula is C51H50Br3F3N12O10. The maximum Gasteiger partial charge on any atom is 0.335 e. The maximum absolute atomic E-state index is 13.8. The van der Waals surface area contributed by atoms with Crippen LogP contribution in [0.2, 0.25) is 0 Å². The molecule has 0 spiro atoms. The van der Waals surface area contributed by atoms with E-state index in [1.807, 2.05) is 0 Å². The summed E-state index contributed by atoms with van der Waals surface area (Å²) in [5.74, 6) is -4.08. The van der Waals surface area contributed by atoms with Gasteiger partial charge in [0.2, 0.25) is 0 Å². The molecule has 22 nitrogen and oxygen atoms in total. The fourth-order valence-electron chi connectivity index (χ4n) is 10.0. The lowest BCUT2D eigenvalue weighted by Crippen LogP contribution is -2.41. The lowest BCUT2D eigenvalue weighted by molar-refractivity contribution is 0.0690. The van der Waals surface area contributed by atoms with Crippen LogP contribution in [0.4, 0.5) is 13.2 Å². The number of fused-ring (bicyclic) bond motifs is 9. The van der Waals surface area contributed by atoms with Crippen molar-refractivity contribution in [2.45, 2.75) is 78.2 Å². The van der Waals surface area contributed by atoms with E-state index in [-0.39, 0.29) is 89.8 Å². The van der Waals surface area contributed by atoms with Gasteiger partial charge in [0.25, 0.3) is 29.5 Å². The number of carbonyl (C=O) groups excluding carboxylic acids is 5. The third-order valence-electron chi connectivity index (χ3n) is 13.9. The third-order valence-corrected chi connectivity index (χ3v) is 15.8. The number of hydrogen-bond acceptors (Lipinski definition) is 10. The summed E-state index contributed by atoms with van der Waals surface area (Å²) in [6.45, 7) is 6.85. The molecule has 0 aliphatic carbocycles. The Balaban J connectivity index is 0.000000134. The van der Waals surface area contributed by atoms with E-state index in [2.05, 4.69) is 69.1 Å². The minimum absolute atomic E-state index is 0.0384. The average Bonchev–Trinajstić information content (AvgIpc) is 3.95. The van der Waals surface area contributed by atoms with Crippen molar-refractivity contribution in [3.63, 3.8) is 0 Å². The number of imidazole rings is 3. The highest BCUT2D eigenvalue weighted by Crippen LogP contribution is 2.25. The first kappa shape index (κ1) is 56.4. The number of nitrogens with one attached hydrogen (secondary N) is 4. The van der Waals surface area contributed by atoms with Gasteiger partial charge in [-0.25, -0.2) is 32.3 Å². The van der Waals surface area contributed by atoms with Crippen LogP contribution in [0.25, 0.3) is 0 Å². The molecule has 0 atom stereocenters. The quantitative estimate of drug-likeness (QED) is 0.170. The number of hydrogen-bond donors (Lipinski definition) is 5. The Morgan fingerprint density at radius 3 is 1.18 bits per heavy atom. The molecule has 416 valence electrons. The number of carboxylic acids is 1. The summed E-state index contributed by atoms with van der Waals surface area (Å²) >= 11 is 9.05. The van der Waals surface area contributed by atoms with Crippen molar-refractivity contribution in [3.05, 3.63) is 168 Å². The van der Waals surface area contributed by atoms with Crippen molar-refractivity contribution in [3.8, 4) is 0 Å². The van der Waals surface area contributed by atoms with Gasteiger partial charge in [0.15, 0.2) is 0 Å². The Labute approximate surface area is 471 Å². The first-order valence-electron chi connectivity index (χ1n) is 25.0. The summed E-state index contributed by atoms with van der Waals surface area (Å²) in [5, 5.41) is 20.0. The number of nitrogens with zero attached hydrogens (tertiary/aromatic N) is 8. The number of rotatable bonds is 3. The minimum atomic E-state index is -1.13. The number of carbonyl (C=O) groups is 6. The molecule has 9 heterocycles. The van der Waals surface area contributed by atoms with Gasteiger partial charge in [-0.1, -0.05) is 0 Å². The molecule has 3 aromatic heterocycles. The number of carboxylic acid groups (broad SMARTS) is 1. The topological polar surface area (TPSA) is 258 Å². The smallest absolute Gasteiger partial charge is 0.335 e. The first-order chi connectivity index (χ1) is 37.8. The fourth-order valence-corrected chi connectivity index (χ4v) is 10.8. The van der Waals surface area contributed by atoms with E-state index in [4.69, 9.17) is 5.11 Å². The standard InChI is InChI=1S/2C17H16BrFN4O3.C10H14N4O2.C7H4BrFO2/c2*18-11-3-2-10(8-12(11)19)16(25)21-6-7-22-13(9-21)14-15(24)20-4-1-5-23(14)17(22)26;15-9-8-7-6-11-3-5-13(7)10(16)14(8)4-1-2-12-9;8-5-2-1-4(7(10)11)3-6(5)9/h2*2-3,8H,1,4-7,9H2,(H,20,24);11H,1-6H2,(H,12,15);1-3H,(H,10,11). The van der Waals surface area contributed by atoms with Gasteiger partial charge in [0, 0.05) is 96.2 Å². The molecule has 0 unspecified atom stereocenters. The van der Waals surface area contributed by atoms with E-state index in [1.165, 1.54) is 55.3 Å². The Bertz CT molecular complexity index is 3500. The lowest BCUT2D eigenvalue weighted by Gasteiger charge is -2.28. The van der Waals surface area contributed by atoms with E-state index in [9.17, 15) is 56.3 Å². The van der Waals surface area contributed by atoms with E-state index >= 15 is 0 Å². The summed E-state index contributed by atoms with van der Waals surface area (Å²) in [5.41, 5.74) is 3.05. The molecule has 0 fully saturated rings. The minimum Gasteiger partial charge on any atom is -0.478 e. The Kier molecular flexibility index (Phi) is 17.1. The van der Waals surface area contributed by atoms with Crippen molar-refractivity contribution in [2.75, 3.05) is 39.3 Å². The summed E-state index contributed by atoms with van der Waals surface area (Å²) in [4.78, 5) is 113. The Morgan fingerprint density at radius 2 is 0.797 bits per heavy atom. The van der Waals surface area contributed by atoms with Crippen molar-refractivity contribution in [1.82, 2.24) is 58.5 Å². The van der Waals surface area contributed by atoms with Gasteiger partial charge in [-0.2, -0.15) is 0 Å². The van der Waals surface area contributed by atoms with Crippen molar-refractivity contribution >= 4 is 83.3 Å². The highest BCUT2D eigenvalue weighted by atomic mass is 79.9. The van der Waals surface area contributed by atoms with E-state index < -0.39 is 23.4 Å². The Morgan fingerprint density at radius 1 is 0.443 bits per heavy atom. The van der Waals surface area contributed by atoms with Crippen LogP contribution in [0, 0.1) is 17.5 Å². The van der Waals surface area contributed by atoms with Gasteiger partial charge < -0.3 is 36.2 Å². The van der Waals surface area contributed by atoms with Gasteiger partial charge in [-0.05, 0) is 122 Å². The predicted molar refractivity (Wildman–Crippen MR) is 287 cm³/mol. The van der Waals surface area contributed by atoms with Crippen LogP contribution in [0.5, 0.6) is 0 Å². The highest BCUT2D eigenvalue weighted by Gasteiger charge is 2.35. The van der Waals surface area contributed by atoms with Crippen LogP contribution in [0.1, 0.15) is 98.9 Å². The van der Waals surface area contributed by atoms with Gasteiger partial charge in [-0.15, -0.1) is 0 Å². The molecule has 6 aromatic rings. The third kappa shape index (κ3) is 11.6. The average molecular weight is 1290 g/mol. The summed E-state index contributed by atoms with van der Waals surface area (Å²) in [6.07, 6.45) is 2.18. The van der Waals surface area contributed by atoms with Crippen LogP contribution in [-0.4, -0.2) is 117 Å². The largest absolute Gasteiger partial charge is 0.478 e. The molecule has 12 rings (SSSR count). The number of halogens is 6. The summed E-state index contributed by atoms with van der Waals surface area (Å²) < 4.78 is 50.4. The molecular weight excluding hydrogens is 1240 g/mol. The molecule has 6 aliphatic heterocycles. The second-order valence-electron chi connectivity index (χ2n) is 18.8. The molecule has 28 heteroatoms. The van der Waals surface area contributed by atoms with E-state index in [1.54, 1.807) is 30.4 Å². The van der Waals surface area contributed by atoms with Crippen LogP contribution in [0.15, 0.2) is 82.4 Å². The maximum atomic E-state index is 13.8. The van der Waals surface area contributed by atoms with Gasteiger partial charge in [0.05, 0.1) is 49.2 Å². The predicted octanol–water partition coefficient (Wildman–Crippen LogP) is 3.85. The van der Waals surface area contributed by atoms with Crippen LogP contribution >= 0.6 is 47.8 Å². The number of amides is 5. The normalized spacial score (nSPS) is 16.2. The van der Waals surface area contributed by atoms with Gasteiger partial charge in [-0.3, -0.25) is 51.4 Å². The molecule has 79 heavy (non-hydrogen) atoms. The second kappa shape index (κ2) is 24.0. The summed E-state index contributed by atoms with van der Waals surface area (Å²) in [6, 6.07) is 12.1. The van der Waals surface area contributed by atoms with Gasteiger partial charge >= 0.3 is 23.0 Å². The molecule has 0 saturated carbocycles. The SMILES string of the molecule is O=C(O)c1ccc(Br)c(F)c1.O=C1NCCCn2c1c1n(c2=O)CCN(C(=O)c2ccc(Br)c(F)c2)C1.O=C1NCCCn2c1c1n(c2=O)CCN(C(=O)c2ccc(Br)c(F)c2)C1.O=C1NCCCn2c1c1n(c2=O)CCNC1. The zero-order valence-corrected chi connectivity index (χ0v) is 46.6. The van der Waals surface area contributed by atoms with Crippen molar-refractivity contribution < 1.29 is 47.0 Å². The zero-order chi connectivity index (χ0) is 56.4. The van der Waals surface area contributed by atoms with E-state index in [0.29, 0.717) is 120 Å². The first-order valence-corrected chi connectivity index (χ1v) is 27.4. The number of aromatic nitrogens is 6. The molecule has 0 radical (unpaired) electrons. The fraction of sp³-hybridized carbons (Fsp3) is 0.353. The molecule has 6 aliphatic rings. The molecule has 5 amide bonds. The number of benzene rings is 3. The Hall–Kier alpha value is -7.30. The molecule has 0 saturated heterocycles. The molecule has 5 N–H and O–H groups in total. The highest BCUT2D eigenvalue weighted by molar-refractivity contribution is 9.11. The second-order valence-corrected chi connectivity index (χ2v) is 21.4. The van der Waals surface area contributed by atoms with Crippen LogP contribution in [-0.2, 0) is 58.9 Å². The van der Waals surface area contributed by atoms with Crippen LogP contribution < -0.4 is 38.3 Å². The van der Waals surface area contributed by atoms with Crippen molar-refractivity contribution in [1.29, 1.82) is 0 Å². The lowest BCUT2D eigenvalue weighted by atomic mass is 10.1. The molecule has 3 aromatic carbocycles.